The van der Waals surface area contributed by atoms with Crippen LogP contribution in [0, 0.1) is 53.0 Å². The molecule has 0 unspecified atom stereocenters. The number of benzene rings is 1. The summed E-state index contributed by atoms with van der Waals surface area (Å²) in [5.41, 5.74) is -0.870. The zero-order chi connectivity index (χ0) is 20.5. The van der Waals surface area contributed by atoms with Gasteiger partial charge in [-0.1, -0.05) is 19.9 Å². The van der Waals surface area contributed by atoms with Crippen molar-refractivity contribution in [3.05, 3.63) is 45.8 Å². The lowest BCUT2D eigenvalue weighted by molar-refractivity contribution is -0.147. The number of carbonyl (C=O) groups is 1. The molecule has 0 amide bonds. The Morgan fingerprint density at radius 3 is 2.33 bits per heavy atom. The van der Waals surface area contributed by atoms with Crippen LogP contribution < -0.4 is 0 Å². The molecule has 1 aromatic carbocycles. The van der Waals surface area contributed by atoms with Crippen molar-refractivity contribution in [2.45, 2.75) is 40.9 Å². The fourth-order valence-electron chi connectivity index (χ4n) is 3.31. The van der Waals surface area contributed by atoms with Gasteiger partial charge in [0.1, 0.15) is 12.4 Å². The van der Waals surface area contributed by atoms with Crippen LogP contribution in [0.4, 0.5) is 13.2 Å². The molecular weight excluding hydrogens is 359 g/mol. The van der Waals surface area contributed by atoms with Crippen LogP contribution in [0.5, 0.6) is 0 Å². The molecule has 2 rings (SSSR count). The van der Waals surface area contributed by atoms with Crippen molar-refractivity contribution >= 4 is 5.97 Å². The minimum Gasteiger partial charge on any atom is -0.460 e. The first-order valence-electron chi connectivity index (χ1n) is 8.46. The summed E-state index contributed by atoms with van der Waals surface area (Å²) in [6, 6.07) is 2.00. The molecule has 2 atom stereocenters. The van der Waals surface area contributed by atoms with E-state index < -0.39 is 53.5 Å². The topological polar surface area (TPSA) is 59.3 Å². The number of halogens is 3. The van der Waals surface area contributed by atoms with E-state index in [1.807, 2.05) is 19.9 Å². The third-order valence-corrected chi connectivity index (χ3v) is 5.19. The lowest BCUT2D eigenvalue weighted by Gasteiger charge is -2.14. The third kappa shape index (κ3) is 3.86. The first-order chi connectivity index (χ1) is 12.6. The lowest BCUT2D eigenvalue weighted by atomic mass is 10.0. The van der Waals surface area contributed by atoms with Crippen LogP contribution >= 0.6 is 0 Å². The number of rotatable bonds is 6. The molecule has 27 heavy (non-hydrogen) atoms. The Balaban J connectivity index is 2.18. The van der Waals surface area contributed by atoms with Gasteiger partial charge >= 0.3 is 5.97 Å². The van der Waals surface area contributed by atoms with Crippen molar-refractivity contribution < 1.29 is 27.4 Å². The second-order valence-electron chi connectivity index (χ2n) is 7.35. The highest BCUT2D eigenvalue weighted by Gasteiger charge is 2.61. The Labute approximate surface area is 156 Å². The Bertz CT molecular complexity index is 811. The second kappa shape index (κ2) is 7.73. The molecule has 4 nitrogen and oxygen atoms in total. The summed E-state index contributed by atoms with van der Waals surface area (Å²) in [4.78, 5) is 12.4. The maximum absolute atomic E-state index is 14.3. The van der Waals surface area contributed by atoms with Gasteiger partial charge in [0.2, 0.25) is 0 Å². The Morgan fingerprint density at radius 2 is 1.78 bits per heavy atom. The fraction of sp³-hybridized carbons (Fsp3) is 0.500. The van der Waals surface area contributed by atoms with Crippen LogP contribution in [0.1, 0.15) is 37.5 Å². The first kappa shape index (κ1) is 21.0. The monoisotopic (exact) mass is 381 g/mol. The number of hydrogen-bond donors (Lipinski definition) is 0. The van der Waals surface area contributed by atoms with Crippen LogP contribution in [0.2, 0.25) is 0 Å². The predicted molar refractivity (Wildman–Crippen MR) is 91.7 cm³/mol. The summed E-state index contributed by atoms with van der Waals surface area (Å²) >= 11 is 0. The molecule has 0 aromatic heterocycles. The van der Waals surface area contributed by atoms with Gasteiger partial charge in [-0.05, 0) is 30.7 Å². The fourth-order valence-corrected chi connectivity index (χ4v) is 3.31. The predicted octanol–water partition coefficient (Wildman–Crippen LogP) is 4.34. The maximum atomic E-state index is 14.3. The van der Waals surface area contributed by atoms with Gasteiger partial charge in [0.25, 0.3) is 0 Å². The standard InChI is InChI=1S/C20H22F3NO3/c1-10(7-24)6-14-15(20(14,3)4)19(25)27-9-12-11(2)16(21)13(8-26-5)18(23)17(12)22/h6,14-15H,8-9H2,1-5H3/t14-,15+/m1/s1. The van der Waals surface area contributed by atoms with Crippen molar-refractivity contribution in [2.75, 3.05) is 7.11 Å². The van der Waals surface area contributed by atoms with Crippen LogP contribution in [-0.2, 0) is 27.5 Å². The minimum absolute atomic E-state index is 0.124. The van der Waals surface area contributed by atoms with Gasteiger partial charge in [-0.2, -0.15) is 5.26 Å². The Hall–Kier alpha value is -2.33. The van der Waals surface area contributed by atoms with E-state index >= 15 is 0 Å². The quantitative estimate of drug-likeness (QED) is 0.418. The molecule has 1 saturated carbocycles. The van der Waals surface area contributed by atoms with E-state index in [0.29, 0.717) is 5.57 Å². The summed E-state index contributed by atoms with van der Waals surface area (Å²) in [6.07, 6.45) is 1.70. The van der Waals surface area contributed by atoms with E-state index in [2.05, 4.69) is 0 Å². The van der Waals surface area contributed by atoms with Crippen molar-refractivity contribution in [1.82, 2.24) is 0 Å². The highest BCUT2D eigenvalue weighted by molar-refractivity contribution is 5.78. The van der Waals surface area contributed by atoms with Crippen LogP contribution in [0.25, 0.3) is 0 Å². The van der Waals surface area contributed by atoms with Gasteiger partial charge in [0.05, 0.1) is 24.2 Å². The van der Waals surface area contributed by atoms with E-state index in [1.54, 1.807) is 13.0 Å². The van der Waals surface area contributed by atoms with Crippen LogP contribution in [-0.4, -0.2) is 13.1 Å². The third-order valence-electron chi connectivity index (χ3n) is 5.19. The summed E-state index contributed by atoms with van der Waals surface area (Å²) < 4.78 is 52.5. The normalized spacial score (nSPS) is 20.9. The lowest BCUT2D eigenvalue weighted by Crippen LogP contribution is -2.14. The van der Waals surface area contributed by atoms with Crippen LogP contribution in [0.15, 0.2) is 11.6 Å². The highest BCUT2D eigenvalue weighted by Crippen LogP contribution is 2.59. The molecule has 146 valence electrons. The molecule has 1 aliphatic rings. The first-order valence-corrected chi connectivity index (χ1v) is 8.46. The molecule has 0 saturated heterocycles. The van der Waals surface area contributed by atoms with Gasteiger partial charge < -0.3 is 9.47 Å². The maximum Gasteiger partial charge on any atom is 0.310 e. The molecule has 0 heterocycles. The number of hydrogen-bond acceptors (Lipinski definition) is 4. The van der Waals surface area contributed by atoms with Gasteiger partial charge in [-0.25, -0.2) is 13.2 Å². The molecule has 7 heteroatoms. The zero-order valence-electron chi connectivity index (χ0n) is 16.0. The number of ether oxygens (including phenoxy) is 2. The molecule has 1 aromatic rings. The summed E-state index contributed by atoms with van der Waals surface area (Å²) in [7, 11) is 1.25. The molecule has 1 aliphatic carbocycles. The van der Waals surface area contributed by atoms with E-state index in [1.165, 1.54) is 14.0 Å². The molecule has 0 N–H and O–H groups in total. The molecule has 0 bridgehead atoms. The zero-order valence-corrected chi connectivity index (χ0v) is 16.0. The number of nitrogens with zero attached hydrogens (tertiary/aromatic N) is 1. The van der Waals surface area contributed by atoms with E-state index in [9.17, 15) is 18.0 Å². The minimum atomic E-state index is -1.34. The molecular formula is C20H22F3NO3. The number of carbonyl (C=O) groups excluding carboxylic acids is 1. The smallest absolute Gasteiger partial charge is 0.310 e. The number of allylic oxidation sites excluding steroid dienone is 2. The number of nitriles is 1. The van der Waals surface area contributed by atoms with E-state index in [-0.39, 0.29) is 17.0 Å². The Kier molecular flexibility index (Phi) is 6.01. The molecule has 1 fully saturated rings. The molecule has 0 aliphatic heterocycles. The average molecular weight is 381 g/mol. The van der Waals surface area contributed by atoms with Gasteiger partial charge in [0.15, 0.2) is 11.6 Å². The summed E-state index contributed by atoms with van der Waals surface area (Å²) in [5, 5.41) is 8.88. The highest BCUT2D eigenvalue weighted by atomic mass is 19.2. The largest absolute Gasteiger partial charge is 0.460 e. The second-order valence-corrected chi connectivity index (χ2v) is 7.35. The van der Waals surface area contributed by atoms with Crippen LogP contribution in [0.3, 0.4) is 0 Å². The van der Waals surface area contributed by atoms with Gasteiger partial charge in [-0.3, -0.25) is 4.79 Å². The van der Waals surface area contributed by atoms with Gasteiger partial charge in [0, 0.05) is 18.2 Å². The van der Waals surface area contributed by atoms with E-state index in [4.69, 9.17) is 14.7 Å². The molecule has 0 spiro atoms. The van der Waals surface area contributed by atoms with Crippen molar-refractivity contribution in [1.29, 1.82) is 5.26 Å². The Morgan fingerprint density at radius 1 is 1.19 bits per heavy atom. The van der Waals surface area contributed by atoms with Crippen molar-refractivity contribution in [3.8, 4) is 6.07 Å². The number of methoxy groups -OCH3 is 1. The molecule has 0 radical (unpaired) electrons. The number of esters is 1. The summed E-state index contributed by atoms with van der Waals surface area (Å²) in [5.74, 6) is -4.77. The average Bonchev–Trinajstić information content (AvgIpc) is 3.16. The van der Waals surface area contributed by atoms with Gasteiger partial charge in [-0.15, -0.1) is 0 Å². The van der Waals surface area contributed by atoms with Crippen molar-refractivity contribution in [3.63, 3.8) is 0 Å². The van der Waals surface area contributed by atoms with Crippen molar-refractivity contribution in [2.24, 2.45) is 17.3 Å². The summed E-state index contributed by atoms with van der Waals surface area (Å²) in [6.45, 7) is 5.67. The SMILES string of the molecule is COCc1c(F)c(C)c(COC(=O)[C@@H]2[C@@H](C=C(C)C#N)C2(C)C)c(F)c1F. The van der Waals surface area contributed by atoms with E-state index in [0.717, 1.165) is 0 Å².